The summed E-state index contributed by atoms with van der Waals surface area (Å²) in [6.07, 6.45) is 0.608. The van der Waals surface area contributed by atoms with Crippen LogP contribution in [0.15, 0.2) is 18.2 Å². The van der Waals surface area contributed by atoms with Gasteiger partial charge in [-0.1, -0.05) is 23.7 Å². The van der Waals surface area contributed by atoms with Crippen molar-refractivity contribution >= 4 is 11.6 Å². The van der Waals surface area contributed by atoms with Crippen molar-refractivity contribution < 1.29 is 9.84 Å². The van der Waals surface area contributed by atoms with Gasteiger partial charge >= 0.3 is 0 Å². The fourth-order valence-corrected chi connectivity index (χ4v) is 1.91. The maximum absolute atomic E-state index is 9.26. The zero-order valence-electron chi connectivity index (χ0n) is 7.66. The average Bonchev–Trinajstić information content (AvgIpc) is 2.20. The third-order valence-electron chi connectivity index (χ3n) is 2.58. The maximum Gasteiger partial charge on any atom is 0.143 e. The van der Waals surface area contributed by atoms with Crippen LogP contribution in [0.3, 0.4) is 0 Å². The fraction of sp³-hybridized carbons (Fsp3) is 0.400. The summed E-state index contributed by atoms with van der Waals surface area (Å²) < 4.78 is 5.43. The van der Waals surface area contributed by atoms with Crippen LogP contribution in [0.2, 0.25) is 5.02 Å². The number of ether oxygens (including phenoxy) is 1. The molecule has 3 nitrogen and oxygen atoms in total. The van der Waals surface area contributed by atoms with Gasteiger partial charge in [-0.15, -0.1) is 0 Å². The summed E-state index contributed by atoms with van der Waals surface area (Å²) in [7, 11) is 0. The van der Waals surface area contributed by atoms with Crippen molar-refractivity contribution in [3.05, 3.63) is 28.8 Å². The highest BCUT2D eigenvalue weighted by Gasteiger charge is 2.34. The first kappa shape index (κ1) is 9.77. The summed E-state index contributed by atoms with van der Waals surface area (Å²) in [6, 6.07) is 5.41. The normalized spacial score (nSPS) is 25.4. The molecule has 1 aliphatic rings. The predicted molar refractivity (Wildman–Crippen MR) is 54.5 cm³/mol. The molecule has 0 bridgehead atoms. The van der Waals surface area contributed by atoms with E-state index in [0.717, 1.165) is 5.56 Å². The number of fused-ring (bicyclic) bond motifs is 1. The molecule has 3 N–H and O–H groups in total. The second-order valence-electron chi connectivity index (χ2n) is 3.53. The van der Waals surface area contributed by atoms with E-state index >= 15 is 0 Å². The van der Waals surface area contributed by atoms with Gasteiger partial charge in [-0.2, -0.15) is 0 Å². The van der Waals surface area contributed by atoms with Crippen LogP contribution in [0.25, 0.3) is 0 Å². The molecule has 1 atom stereocenters. The highest BCUT2D eigenvalue weighted by Crippen LogP contribution is 2.39. The Labute approximate surface area is 87.4 Å². The highest BCUT2D eigenvalue weighted by molar-refractivity contribution is 6.32. The molecular formula is C10H12ClNO2. The number of hydrogen-bond donors (Lipinski definition) is 2. The van der Waals surface area contributed by atoms with Crippen molar-refractivity contribution in [2.24, 2.45) is 5.73 Å². The van der Waals surface area contributed by atoms with Gasteiger partial charge in [-0.3, -0.25) is 0 Å². The van der Waals surface area contributed by atoms with E-state index in [0.29, 0.717) is 23.8 Å². The molecule has 1 aliphatic heterocycles. The minimum Gasteiger partial charge on any atom is -0.492 e. The first-order valence-electron chi connectivity index (χ1n) is 4.49. The van der Waals surface area contributed by atoms with Gasteiger partial charge in [0.25, 0.3) is 0 Å². The molecule has 4 heteroatoms. The van der Waals surface area contributed by atoms with Crippen LogP contribution in [0.4, 0.5) is 0 Å². The highest BCUT2D eigenvalue weighted by atomic mass is 35.5. The standard InChI is InChI=1S/C10H12ClNO2/c11-8-3-1-2-7-9(8)14-5-4-10(7,12)6-13/h1-3,13H,4-6,12H2. The Hall–Kier alpha value is -0.770. The lowest BCUT2D eigenvalue weighted by molar-refractivity contribution is 0.138. The molecule has 76 valence electrons. The largest absolute Gasteiger partial charge is 0.492 e. The summed E-state index contributed by atoms with van der Waals surface area (Å²) in [5.41, 5.74) is 6.13. The molecule has 1 aromatic rings. The molecule has 0 saturated carbocycles. The van der Waals surface area contributed by atoms with E-state index in [2.05, 4.69) is 0 Å². The first-order valence-corrected chi connectivity index (χ1v) is 4.87. The number of benzene rings is 1. The molecule has 14 heavy (non-hydrogen) atoms. The molecule has 2 rings (SSSR count). The molecule has 0 radical (unpaired) electrons. The predicted octanol–water partition coefficient (Wildman–Crippen LogP) is 1.27. The second-order valence-corrected chi connectivity index (χ2v) is 3.94. The van der Waals surface area contributed by atoms with Crippen molar-refractivity contribution in [3.63, 3.8) is 0 Å². The number of aliphatic hydroxyl groups is 1. The fourth-order valence-electron chi connectivity index (χ4n) is 1.68. The number of rotatable bonds is 1. The lowest BCUT2D eigenvalue weighted by Gasteiger charge is -2.34. The molecule has 1 aromatic carbocycles. The van der Waals surface area contributed by atoms with Gasteiger partial charge in [0.15, 0.2) is 0 Å². The molecule has 0 aliphatic carbocycles. The third-order valence-corrected chi connectivity index (χ3v) is 2.88. The molecule has 0 fully saturated rings. The van der Waals surface area contributed by atoms with E-state index < -0.39 is 5.54 Å². The Morgan fingerprint density at radius 1 is 1.57 bits per heavy atom. The monoisotopic (exact) mass is 213 g/mol. The summed E-state index contributed by atoms with van der Waals surface area (Å²) >= 11 is 5.96. The van der Waals surface area contributed by atoms with Crippen LogP contribution >= 0.6 is 11.6 Å². The minimum absolute atomic E-state index is 0.0935. The quantitative estimate of drug-likeness (QED) is 0.739. The van der Waals surface area contributed by atoms with E-state index in [9.17, 15) is 5.11 Å². The van der Waals surface area contributed by atoms with Gasteiger partial charge in [0.1, 0.15) is 5.75 Å². The van der Waals surface area contributed by atoms with E-state index in [1.807, 2.05) is 12.1 Å². The van der Waals surface area contributed by atoms with E-state index in [1.165, 1.54) is 0 Å². The van der Waals surface area contributed by atoms with Crippen LogP contribution in [0.1, 0.15) is 12.0 Å². The van der Waals surface area contributed by atoms with Crippen LogP contribution in [0.5, 0.6) is 5.75 Å². The molecule has 0 saturated heterocycles. The number of hydrogen-bond acceptors (Lipinski definition) is 3. The topological polar surface area (TPSA) is 55.5 Å². The summed E-state index contributed by atoms with van der Waals surface area (Å²) in [5, 5.41) is 9.81. The van der Waals surface area contributed by atoms with E-state index in [1.54, 1.807) is 6.07 Å². The lowest BCUT2D eigenvalue weighted by Crippen LogP contribution is -2.44. The van der Waals surface area contributed by atoms with Gasteiger partial charge in [0.05, 0.1) is 23.8 Å². The van der Waals surface area contributed by atoms with Crippen LogP contribution in [-0.4, -0.2) is 18.3 Å². The zero-order valence-corrected chi connectivity index (χ0v) is 8.42. The number of halogens is 1. The van der Waals surface area contributed by atoms with Gasteiger partial charge in [-0.25, -0.2) is 0 Å². The summed E-state index contributed by atoms with van der Waals surface area (Å²) in [6.45, 7) is 0.400. The van der Waals surface area contributed by atoms with Crippen LogP contribution < -0.4 is 10.5 Å². The van der Waals surface area contributed by atoms with Crippen molar-refractivity contribution in [2.75, 3.05) is 13.2 Å². The van der Waals surface area contributed by atoms with E-state index in [4.69, 9.17) is 22.1 Å². The Kier molecular flexibility index (Phi) is 2.39. The molecule has 0 aromatic heterocycles. The summed E-state index contributed by atoms with van der Waals surface area (Å²) in [4.78, 5) is 0. The van der Waals surface area contributed by atoms with Crippen molar-refractivity contribution in [2.45, 2.75) is 12.0 Å². The molecule has 1 unspecified atom stereocenters. The average molecular weight is 214 g/mol. The van der Waals surface area contributed by atoms with Gasteiger partial charge < -0.3 is 15.6 Å². The Morgan fingerprint density at radius 3 is 3.07 bits per heavy atom. The molecule has 0 spiro atoms. The SMILES string of the molecule is NC1(CO)CCOc2c(Cl)cccc21. The smallest absolute Gasteiger partial charge is 0.143 e. The first-order chi connectivity index (χ1) is 6.67. The maximum atomic E-state index is 9.26. The molecule has 0 amide bonds. The second kappa shape index (κ2) is 3.42. The minimum atomic E-state index is -0.710. The van der Waals surface area contributed by atoms with E-state index in [-0.39, 0.29) is 6.61 Å². The van der Waals surface area contributed by atoms with Crippen LogP contribution in [-0.2, 0) is 5.54 Å². The summed E-state index contributed by atoms with van der Waals surface area (Å²) in [5.74, 6) is 0.608. The van der Waals surface area contributed by atoms with Gasteiger partial charge in [-0.05, 0) is 6.07 Å². The van der Waals surface area contributed by atoms with Crippen molar-refractivity contribution in [1.82, 2.24) is 0 Å². The van der Waals surface area contributed by atoms with Gasteiger partial charge in [0.2, 0.25) is 0 Å². The van der Waals surface area contributed by atoms with Gasteiger partial charge in [0, 0.05) is 12.0 Å². The Bertz CT molecular complexity index is 356. The number of aliphatic hydroxyl groups excluding tert-OH is 1. The number of nitrogens with two attached hydrogens (primary N) is 1. The van der Waals surface area contributed by atoms with Crippen molar-refractivity contribution in [1.29, 1.82) is 0 Å². The molecule has 1 heterocycles. The lowest BCUT2D eigenvalue weighted by atomic mass is 9.86. The van der Waals surface area contributed by atoms with Crippen LogP contribution in [0, 0.1) is 0 Å². The Balaban J connectivity index is 2.55. The number of para-hydroxylation sites is 1. The molecular weight excluding hydrogens is 202 g/mol. The Morgan fingerprint density at radius 2 is 2.36 bits per heavy atom. The third kappa shape index (κ3) is 1.38. The zero-order chi connectivity index (χ0) is 10.2. The van der Waals surface area contributed by atoms with Crippen molar-refractivity contribution in [3.8, 4) is 5.75 Å².